The Morgan fingerprint density at radius 1 is 1.29 bits per heavy atom. The second-order valence-electron chi connectivity index (χ2n) is 4.46. The summed E-state index contributed by atoms with van der Waals surface area (Å²) in [5.74, 6) is 0. The van der Waals surface area contributed by atoms with Crippen LogP contribution in [0.3, 0.4) is 0 Å². The lowest BCUT2D eigenvalue weighted by Gasteiger charge is -2.19. The highest BCUT2D eigenvalue weighted by Gasteiger charge is 2.09. The van der Waals surface area contributed by atoms with Crippen LogP contribution in [0, 0.1) is 6.92 Å². The van der Waals surface area contributed by atoms with Crippen molar-refractivity contribution in [2.24, 2.45) is 0 Å². The minimum atomic E-state index is 0. The van der Waals surface area contributed by atoms with E-state index < -0.39 is 0 Å². The summed E-state index contributed by atoms with van der Waals surface area (Å²) in [4.78, 5) is 2.53. The molecule has 0 aromatic heterocycles. The SMILES string of the molecule is Cc1cc(CN2CCCNCC2)ccc1Br.Cl. The average Bonchev–Trinajstić information content (AvgIpc) is 2.52. The average molecular weight is 320 g/mol. The third-order valence-corrected chi connectivity index (χ3v) is 3.95. The highest BCUT2D eigenvalue weighted by Crippen LogP contribution is 2.18. The molecule has 0 radical (unpaired) electrons. The van der Waals surface area contributed by atoms with Crippen LogP contribution in [-0.4, -0.2) is 31.1 Å². The van der Waals surface area contributed by atoms with E-state index in [9.17, 15) is 0 Å². The molecule has 1 aromatic rings. The topological polar surface area (TPSA) is 15.3 Å². The molecule has 1 heterocycles. The third kappa shape index (κ3) is 4.59. The number of hydrogen-bond donors (Lipinski definition) is 1. The van der Waals surface area contributed by atoms with Crippen molar-refractivity contribution in [2.45, 2.75) is 19.9 Å². The van der Waals surface area contributed by atoms with Crippen LogP contribution in [0.1, 0.15) is 17.5 Å². The largest absolute Gasteiger partial charge is 0.315 e. The number of aryl methyl sites for hydroxylation is 1. The van der Waals surface area contributed by atoms with Crippen molar-refractivity contribution in [3.63, 3.8) is 0 Å². The number of rotatable bonds is 2. The molecule has 1 aliphatic rings. The number of halogens is 2. The van der Waals surface area contributed by atoms with Gasteiger partial charge in [-0.15, -0.1) is 12.4 Å². The number of benzene rings is 1. The van der Waals surface area contributed by atoms with Crippen LogP contribution < -0.4 is 5.32 Å². The smallest absolute Gasteiger partial charge is 0.0234 e. The van der Waals surface area contributed by atoms with Gasteiger partial charge in [0.1, 0.15) is 0 Å². The summed E-state index contributed by atoms with van der Waals surface area (Å²) in [6.07, 6.45) is 1.26. The molecule has 0 spiro atoms. The Labute approximate surface area is 118 Å². The van der Waals surface area contributed by atoms with E-state index in [0.29, 0.717) is 0 Å². The first kappa shape index (κ1) is 15.0. The Morgan fingerprint density at radius 2 is 2.12 bits per heavy atom. The number of nitrogens with zero attached hydrogens (tertiary/aromatic N) is 1. The predicted molar refractivity (Wildman–Crippen MR) is 78.9 cm³/mol. The zero-order valence-electron chi connectivity index (χ0n) is 10.2. The Kier molecular flexibility index (Phi) is 6.49. The molecular formula is C13H20BrClN2. The van der Waals surface area contributed by atoms with E-state index in [-0.39, 0.29) is 12.4 Å². The van der Waals surface area contributed by atoms with E-state index >= 15 is 0 Å². The molecule has 96 valence electrons. The number of nitrogens with one attached hydrogen (secondary N) is 1. The molecule has 1 saturated heterocycles. The van der Waals surface area contributed by atoms with E-state index in [4.69, 9.17) is 0 Å². The van der Waals surface area contributed by atoms with Crippen LogP contribution in [0.25, 0.3) is 0 Å². The summed E-state index contributed by atoms with van der Waals surface area (Å²) in [6, 6.07) is 6.65. The van der Waals surface area contributed by atoms with E-state index in [1.54, 1.807) is 0 Å². The highest BCUT2D eigenvalue weighted by atomic mass is 79.9. The van der Waals surface area contributed by atoms with Gasteiger partial charge in [0.15, 0.2) is 0 Å². The quantitative estimate of drug-likeness (QED) is 0.901. The fourth-order valence-corrected chi connectivity index (χ4v) is 2.37. The van der Waals surface area contributed by atoms with E-state index in [0.717, 1.165) is 26.2 Å². The lowest BCUT2D eigenvalue weighted by atomic mass is 10.1. The molecule has 1 aromatic carbocycles. The third-order valence-electron chi connectivity index (χ3n) is 3.06. The van der Waals surface area contributed by atoms with Crippen molar-refractivity contribution in [2.75, 3.05) is 26.2 Å². The first-order valence-electron chi connectivity index (χ1n) is 5.94. The Hall–Kier alpha value is -0.0900. The van der Waals surface area contributed by atoms with Gasteiger partial charge in [-0.25, -0.2) is 0 Å². The van der Waals surface area contributed by atoms with E-state index in [2.05, 4.69) is 51.3 Å². The number of hydrogen-bond acceptors (Lipinski definition) is 2. The first-order chi connectivity index (χ1) is 7.75. The molecule has 0 atom stereocenters. The molecule has 4 heteroatoms. The fourth-order valence-electron chi connectivity index (χ4n) is 2.12. The van der Waals surface area contributed by atoms with Gasteiger partial charge in [0, 0.05) is 24.1 Å². The van der Waals surface area contributed by atoms with Crippen molar-refractivity contribution in [3.8, 4) is 0 Å². The van der Waals surface area contributed by atoms with Crippen LogP contribution in [0.2, 0.25) is 0 Å². The molecule has 0 aliphatic carbocycles. The summed E-state index contributed by atoms with van der Waals surface area (Å²) in [6.45, 7) is 7.88. The molecule has 0 saturated carbocycles. The molecule has 2 rings (SSSR count). The second-order valence-corrected chi connectivity index (χ2v) is 5.32. The summed E-state index contributed by atoms with van der Waals surface area (Å²) < 4.78 is 1.20. The molecule has 0 bridgehead atoms. The van der Waals surface area contributed by atoms with Gasteiger partial charge in [-0.05, 0) is 43.6 Å². The van der Waals surface area contributed by atoms with Crippen molar-refractivity contribution in [3.05, 3.63) is 33.8 Å². The lowest BCUT2D eigenvalue weighted by Crippen LogP contribution is -2.27. The normalized spacial score (nSPS) is 17.3. The van der Waals surface area contributed by atoms with Crippen molar-refractivity contribution < 1.29 is 0 Å². The molecule has 0 unspecified atom stereocenters. The van der Waals surface area contributed by atoms with Crippen LogP contribution in [-0.2, 0) is 6.54 Å². The molecule has 2 nitrogen and oxygen atoms in total. The van der Waals surface area contributed by atoms with Gasteiger partial charge in [0.25, 0.3) is 0 Å². The summed E-state index contributed by atoms with van der Waals surface area (Å²) in [5, 5.41) is 3.43. The first-order valence-corrected chi connectivity index (χ1v) is 6.73. The lowest BCUT2D eigenvalue weighted by molar-refractivity contribution is 0.284. The summed E-state index contributed by atoms with van der Waals surface area (Å²) in [7, 11) is 0. The van der Waals surface area contributed by atoms with Crippen LogP contribution in [0.5, 0.6) is 0 Å². The van der Waals surface area contributed by atoms with Crippen molar-refractivity contribution in [1.29, 1.82) is 0 Å². The standard InChI is InChI=1S/C13H19BrN2.ClH/c1-11-9-12(3-4-13(11)14)10-16-7-2-5-15-6-8-16;/h3-4,9,15H,2,5-8,10H2,1H3;1H. The van der Waals surface area contributed by atoms with Gasteiger partial charge in [-0.1, -0.05) is 28.1 Å². The maximum absolute atomic E-state index is 3.54. The summed E-state index contributed by atoms with van der Waals surface area (Å²) in [5.41, 5.74) is 2.74. The zero-order valence-corrected chi connectivity index (χ0v) is 12.6. The maximum atomic E-state index is 3.54. The zero-order chi connectivity index (χ0) is 11.4. The molecule has 1 aliphatic heterocycles. The minimum Gasteiger partial charge on any atom is -0.315 e. The molecule has 1 fully saturated rings. The Morgan fingerprint density at radius 3 is 2.88 bits per heavy atom. The molecule has 1 N–H and O–H groups in total. The van der Waals surface area contributed by atoms with Gasteiger partial charge >= 0.3 is 0 Å². The molecular weight excluding hydrogens is 300 g/mol. The van der Waals surface area contributed by atoms with Gasteiger partial charge in [0.2, 0.25) is 0 Å². The van der Waals surface area contributed by atoms with Crippen molar-refractivity contribution in [1.82, 2.24) is 10.2 Å². The van der Waals surface area contributed by atoms with Crippen molar-refractivity contribution >= 4 is 28.3 Å². The van der Waals surface area contributed by atoms with Gasteiger partial charge in [0.05, 0.1) is 0 Å². The second kappa shape index (κ2) is 7.37. The predicted octanol–water partition coefficient (Wildman–Crippen LogP) is 2.97. The van der Waals surface area contributed by atoms with Gasteiger partial charge < -0.3 is 5.32 Å². The van der Waals surface area contributed by atoms with Gasteiger partial charge in [-0.3, -0.25) is 4.90 Å². The minimum absolute atomic E-state index is 0. The molecule has 0 amide bonds. The van der Waals surface area contributed by atoms with Crippen LogP contribution >= 0.6 is 28.3 Å². The van der Waals surface area contributed by atoms with Gasteiger partial charge in [-0.2, -0.15) is 0 Å². The van der Waals surface area contributed by atoms with Crippen LogP contribution in [0.4, 0.5) is 0 Å². The summed E-state index contributed by atoms with van der Waals surface area (Å²) >= 11 is 3.54. The Bertz CT molecular complexity index is 349. The van der Waals surface area contributed by atoms with E-state index in [1.165, 1.54) is 28.6 Å². The highest BCUT2D eigenvalue weighted by molar-refractivity contribution is 9.10. The van der Waals surface area contributed by atoms with Crippen LogP contribution in [0.15, 0.2) is 22.7 Å². The monoisotopic (exact) mass is 318 g/mol. The molecule has 17 heavy (non-hydrogen) atoms. The Balaban J connectivity index is 0.00000144. The van der Waals surface area contributed by atoms with E-state index in [1.807, 2.05) is 0 Å². The fraction of sp³-hybridized carbons (Fsp3) is 0.538. The maximum Gasteiger partial charge on any atom is 0.0234 e.